The molecule has 1 aliphatic heterocycles. The molecule has 12 heavy (non-hydrogen) atoms. The van der Waals surface area contributed by atoms with Gasteiger partial charge in [0.05, 0.1) is 13.2 Å². The number of halogens is 4. The molecule has 0 unspecified atom stereocenters. The molecule has 0 aliphatic carbocycles. The highest BCUT2D eigenvalue weighted by Gasteiger charge is 2.42. The van der Waals surface area contributed by atoms with E-state index in [1.807, 2.05) is 0 Å². The molecule has 1 fully saturated rings. The Morgan fingerprint density at radius 2 is 1.42 bits per heavy atom. The lowest BCUT2D eigenvalue weighted by Crippen LogP contribution is -2.45. The molecule has 1 heterocycles. The lowest BCUT2D eigenvalue weighted by molar-refractivity contribution is -0.157. The summed E-state index contributed by atoms with van der Waals surface area (Å²) in [5.74, 6) is 0. The van der Waals surface area contributed by atoms with Crippen LogP contribution < -0.4 is 0 Å². The van der Waals surface area contributed by atoms with Gasteiger partial charge in [-0.25, -0.2) is 17.6 Å². The van der Waals surface area contributed by atoms with E-state index >= 15 is 0 Å². The van der Waals surface area contributed by atoms with Gasteiger partial charge < -0.3 is 4.74 Å². The highest BCUT2D eigenvalue weighted by molar-refractivity contribution is 4.86. The largest absolute Gasteiger partial charge is 0.380 e. The summed E-state index contributed by atoms with van der Waals surface area (Å²) < 4.78 is 52.3. The summed E-state index contributed by atoms with van der Waals surface area (Å²) in [5, 5.41) is 0. The van der Waals surface area contributed by atoms with Gasteiger partial charge in [0.1, 0.15) is 0 Å². The lowest BCUT2D eigenvalue weighted by atomic mass is 9.79. The topological polar surface area (TPSA) is 9.23 Å². The summed E-state index contributed by atoms with van der Waals surface area (Å²) in [4.78, 5) is 0. The molecule has 0 aromatic heterocycles. The minimum atomic E-state index is -2.52. The van der Waals surface area contributed by atoms with Crippen LogP contribution in [0.15, 0.2) is 0 Å². The Morgan fingerprint density at radius 3 is 1.58 bits per heavy atom. The van der Waals surface area contributed by atoms with Crippen LogP contribution >= 0.6 is 0 Å². The number of ether oxygens (including phenoxy) is 1. The zero-order chi connectivity index (χ0) is 9.19. The maximum Gasteiger partial charge on any atom is 0.239 e. The molecule has 1 nitrogen and oxygen atoms in total. The monoisotopic (exact) mass is 186 g/mol. The van der Waals surface area contributed by atoms with Gasteiger partial charge in [-0.3, -0.25) is 0 Å². The summed E-state index contributed by atoms with van der Waals surface area (Å²) >= 11 is 0. The van der Waals surface area contributed by atoms with E-state index in [4.69, 9.17) is 0 Å². The molecule has 5 heteroatoms. The van der Waals surface area contributed by atoms with Gasteiger partial charge in [-0.2, -0.15) is 0 Å². The van der Waals surface area contributed by atoms with Crippen LogP contribution in [0, 0.1) is 5.41 Å². The normalized spacial score (nSPS) is 21.5. The van der Waals surface area contributed by atoms with Crippen molar-refractivity contribution >= 4 is 0 Å². The Kier molecular flexibility index (Phi) is 2.93. The third-order valence-electron chi connectivity index (χ3n) is 1.99. The molecule has 0 aromatic carbocycles. The van der Waals surface area contributed by atoms with E-state index in [2.05, 4.69) is 4.74 Å². The second-order valence-electron chi connectivity index (χ2n) is 3.18. The van der Waals surface area contributed by atoms with Crippen molar-refractivity contribution in [1.29, 1.82) is 0 Å². The zero-order valence-electron chi connectivity index (χ0n) is 6.40. The molecule has 72 valence electrons. The van der Waals surface area contributed by atoms with Crippen molar-refractivity contribution in [1.82, 2.24) is 0 Å². The van der Waals surface area contributed by atoms with Crippen molar-refractivity contribution < 1.29 is 22.3 Å². The Bertz CT molecular complexity index is 132. The van der Waals surface area contributed by atoms with E-state index in [1.165, 1.54) is 0 Å². The van der Waals surface area contributed by atoms with Gasteiger partial charge in [0.15, 0.2) is 0 Å². The predicted octanol–water partition coefficient (Wildman–Crippen LogP) is 2.31. The summed E-state index contributed by atoms with van der Waals surface area (Å²) in [5.41, 5.74) is -0.956. The maximum absolute atomic E-state index is 11.9. The lowest BCUT2D eigenvalue weighted by Gasteiger charge is -2.41. The van der Waals surface area contributed by atoms with Crippen molar-refractivity contribution in [2.75, 3.05) is 13.2 Å². The highest BCUT2D eigenvalue weighted by atomic mass is 19.3. The fraction of sp³-hybridized carbons (Fsp3) is 1.00. The fourth-order valence-corrected chi connectivity index (χ4v) is 1.36. The van der Waals surface area contributed by atoms with Crippen LogP contribution in [0.25, 0.3) is 0 Å². The highest BCUT2D eigenvalue weighted by Crippen LogP contribution is 2.39. The van der Waals surface area contributed by atoms with Crippen LogP contribution in [0.5, 0.6) is 0 Å². The molecule has 1 rings (SSSR count). The summed E-state index contributed by atoms with van der Waals surface area (Å²) in [6.45, 7) is 0.0867. The predicted molar refractivity (Wildman–Crippen MR) is 34.5 cm³/mol. The SMILES string of the molecule is FC(F)CC1(CC(F)F)COC1. The van der Waals surface area contributed by atoms with Crippen LogP contribution in [0.4, 0.5) is 17.6 Å². The van der Waals surface area contributed by atoms with Crippen LogP contribution in [0.1, 0.15) is 12.8 Å². The van der Waals surface area contributed by atoms with Gasteiger partial charge >= 0.3 is 0 Å². The van der Waals surface area contributed by atoms with Gasteiger partial charge in [0.2, 0.25) is 12.9 Å². The molecule has 0 spiro atoms. The van der Waals surface area contributed by atoms with E-state index in [-0.39, 0.29) is 13.2 Å². The molecule has 0 amide bonds. The molecular formula is C7H10F4O. The molecule has 0 N–H and O–H groups in total. The van der Waals surface area contributed by atoms with E-state index in [1.54, 1.807) is 0 Å². The zero-order valence-corrected chi connectivity index (χ0v) is 6.40. The summed E-state index contributed by atoms with van der Waals surface area (Å²) in [6.07, 6.45) is -5.99. The van der Waals surface area contributed by atoms with Gasteiger partial charge in [-0.05, 0) is 0 Å². The van der Waals surface area contributed by atoms with Gasteiger partial charge in [0, 0.05) is 18.3 Å². The van der Waals surface area contributed by atoms with Crippen molar-refractivity contribution in [2.45, 2.75) is 25.7 Å². The number of hydrogen-bond donors (Lipinski definition) is 0. The maximum atomic E-state index is 11.9. The molecule has 1 saturated heterocycles. The summed E-state index contributed by atoms with van der Waals surface area (Å²) in [6, 6.07) is 0. The minimum absolute atomic E-state index is 0.0433. The van der Waals surface area contributed by atoms with E-state index in [0.29, 0.717) is 0 Å². The fourth-order valence-electron chi connectivity index (χ4n) is 1.36. The Hall–Kier alpha value is -0.320. The number of rotatable bonds is 4. The molecule has 0 radical (unpaired) electrons. The van der Waals surface area contributed by atoms with Crippen molar-refractivity contribution in [3.63, 3.8) is 0 Å². The van der Waals surface area contributed by atoms with E-state index in [0.717, 1.165) is 0 Å². The number of hydrogen-bond acceptors (Lipinski definition) is 1. The van der Waals surface area contributed by atoms with Crippen LogP contribution in [-0.4, -0.2) is 26.1 Å². The van der Waals surface area contributed by atoms with Gasteiger partial charge in [-0.15, -0.1) is 0 Å². The van der Waals surface area contributed by atoms with E-state index in [9.17, 15) is 17.6 Å². The number of alkyl halides is 4. The Labute approximate surface area is 67.7 Å². The third-order valence-corrected chi connectivity index (χ3v) is 1.99. The standard InChI is InChI=1S/C7H10F4O/c8-5(9)1-7(2-6(10)11)3-12-4-7/h5-6H,1-4H2. The smallest absolute Gasteiger partial charge is 0.239 e. The molecule has 0 bridgehead atoms. The van der Waals surface area contributed by atoms with Gasteiger partial charge in [0.25, 0.3) is 0 Å². The molecule has 0 saturated carbocycles. The quantitative estimate of drug-likeness (QED) is 0.612. The first-order valence-corrected chi connectivity index (χ1v) is 3.68. The average Bonchev–Trinajstić information content (AvgIpc) is 1.80. The molecular weight excluding hydrogens is 176 g/mol. The minimum Gasteiger partial charge on any atom is -0.380 e. The van der Waals surface area contributed by atoms with Crippen molar-refractivity contribution in [3.05, 3.63) is 0 Å². The first-order valence-electron chi connectivity index (χ1n) is 3.68. The summed E-state index contributed by atoms with van der Waals surface area (Å²) in [7, 11) is 0. The van der Waals surface area contributed by atoms with Crippen LogP contribution in [-0.2, 0) is 4.74 Å². The second-order valence-corrected chi connectivity index (χ2v) is 3.18. The van der Waals surface area contributed by atoms with E-state index < -0.39 is 31.1 Å². The Balaban J connectivity index is 2.39. The first kappa shape index (κ1) is 9.77. The molecule has 1 aliphatic rings. The van der Waals surface area contributed by atoms with Crippen molar-refractivity contribution in [3.8, 4) is 0 Å². The molecule has 0 atom stereocenters. The van der Waals surface area contributed by atoms with Crippen LogP contribution in [0.2, 0.25) is 0 Å². The van der Waals surface area contributed by atoms with Crippen LogP contribution in [0.3, 0.4) is 0 Å². The van der Waals surface area contributed by atoms with Gasteiger partial charge in [-0.1, -0.05) is 0 Å². The second kappa shape index (κ2) is 3.60. The first-order chi connectivity index (χ1) is 5.54. The molecule has 0 aromatic rings. The Morgan fingerprint density at radius 1 is 1.00 bits per heavy atom. The third kappa shape index (κ3) is 2.33. The van der Waals surface area contributed by atoms with Crippen molar-refractivity contribution in [2.24, 2.45) is 5.41 Å². The average molecular weight is 186 g/mol.